The van der Waals surface area contributed by atoms with Gasteiger partial charge in [0.25, 0.3) is 0 Å². The minimum absolute atomic E-state index is 0.153. The van der Waals surface area contributed by atoms with Gasteiger partial charge in [0.15, 0.2) is 5.43 Å². The zero-order valence-corrected chi connectivity index (χ0v) is 13.1. The van der Waals surface area contributed by atoms with Crippen LogP contribution >= 0.6 is 0 Å². The second-order valence-corrected chi connectivity index (χ2v) is 6.02. The Balaban J connectivity index is 2.34. The van der Waals surface area contributed by atoms with Crippen molar-refractivity contribution in [2.75, 3.05) is 0 Å². The van der Waals surface area contributed by atoms with Crippen molar-refractivity contribution in [3.05, 3.63) is 69.4 Å². The van der Waals surface area contributed by atoms with Crippen LogP contribution in [0.3, 0.4) is 0 Å². The van der Waals surface area contributed by atoms with Gasteiger partial charge in [-0.3, -0.25) is 4.79 Å². The zero-order valence-electron chi connectivity index (χ0n) is 13.1. The molecule has 0 fully saturated rings. The average molecular weight is 314 g/mol. The standard InChI is InChI=1S/C19H16F2O2/c1-10(2)15-4-11(3)5-16-17(22)9-18(23-19(15)16)12-6-13(20)8-14(21)7-12/h4-10H,1-3H3. The van der Waals surface area contributed by atoms with Crippen LogP contribution in [0.1, 0.15) is 30.9 Å². The topological polar surface area (TPSA) is 30.2 Å². The predicted octanol–water partition coefficient (Wildman–Crippen LogP) is 5.17. The SMILES string of the molecule is Cc1cc(C(C)C)c2oc(-c3cc(F)cc(F)c3)cc(=O)c2c1. The molecule has 23 heavy (non-hydrogen) atoms. The minimum atomic E-state index is -0.712. The summed E-state index contributed by atoms with van der Waals surface area (Å²) < 4.78 is 32.7. The first-order chi connectivity index (χ1) is 10.8. The van der Waals surface area contributed by atoms with E-state index in [-0.39, 0.29) is 22.7 Å². The third kappa shape index (κ3) is 2.89. The van der Waals surface area contributed by atoms with Crippen molar-refractivity contribution in [2.24, 2.45) is 0 Å². The fraction of sp³-hybridized carbons (Fsp3) is 0.211. The Kier molecular flexibility index (Phi) is 3.76. The Hall–Kier alpha value is -2.49. The molecule has 0 aliphatic rings. The van der Waals surface area contributed by atoms with Crippen molar-refractivity contribution in [1.82, 2.24) is 0 Å². The van der Waals surface area contributed by atoms with Gasteiger partial charge in [-0.05, 0) is 42.2 Å². The first-order valence-corrected chi connectivity index (χ1v) is 7.40. The summed E-state index contributed by atoms with van der Waals surface area (Å²) in [4.78, 5) is 12.4. The van der Waals surface area contributed by atoms with E-state index in [1.54, 1.807) is 6.07 Å². The Morgan fingerprint density at radius 2 is 1.61 bits per heavy atom. The molecule has 0 saturated heterocycles. The summed E-state index contributed by atoms with van der Waals surface area (Å²) in [7, 11) is 0. The van der Waals surface area contributed by atoms with Gasteiger partial charge in [0, 0.05) is 17.7 Å². The maximum absolute atomic E-state index is 13.4. The molecule has 0 aliphatic heterocycles. The van der Waals surface area contributed by atoms with E-state index in [0.717, 1.165) is 29.3 Å². The first kappa shape index (κ1) is 15.4. The molecule has 0 amide bonds. The van der Waals surface area contributed by atoms with Crippen molar-refractivity contribution >= 4 is 11.0 Å². The van der Waals surface area contributed by atoms with Gasteiger partial charge >= 0.3 is 0 Å². The quantitative estimate of drug-likeness (QED) is 0.653. The average Bonchev–Trinajstić information content (AvgIpc) is 2.46. The Morgan fingerprint density at radius 1 is 0.957 bits per heavy atom. The van der Waals surface area contributed by atoms with Crippen LogP contribution in [0, 0.1) is 18.6 Å². The Labute approximate surface area is 132 Å². The maximum atomic E-state index is 13.4. The molecule has 4 heteroatoms. The second kappa shape index (κ2) is 5.61. The maximum Gasteiger partial charge on any atom is 0.193 e. The summed E-state index contributed by atoms with van der Waals surface area (Å²) in [6.07, 6.45) is 0. The molecule has 2 nitrogen and oxygen atoms in total. The molecule has 0 radical (unpaired) electrons. The van der Waals surface area contributed by atoms with Gasteiger partial charge in [-0.25, -0.2) is 8.78 Å². The van der Waals surface area contributed by atoms with Crippen molar-refractivity contribution in [3.8, 4) is 11.3 Å². The molecule has 0 bridgehead atoms. The highest BCUT2D eigenvalue weighted by Gasteiger charge is 2.14. The zero-order chi connectivity index (χ0) is 16.7. The number of benzene rings is 2. The summed E-state index contributed by atoms with van der Waals surface area (Å²) in [6, 6.07) is 8.09. The van der Waals surface area contributed by atoms with Crippen LogP contribution in [-0.4, -0.2) is 0 Å². The number of halogens is 2. The molecule has 0 spiro atoms. The smallest absolute Gasteiger partial charge is 0.193 e. The highest BCUT2D eigenvalue weighted by atomic mass is 19.1. The van der Waals surface area contributed by atoms with Gasteiger partial charge < -0.3 is 4.42 Å². The molecule has 2 aromatic carbocycles. The van der Waals surface area contributed by atoms with Gasteiger partial charge in [-0.1, -0.05) is 19.9 Å². The van der Waals surface area contributed by atoms with Crippen LogP contribution in [0.15, 0.2) is 45.6 Å². The lowest BCUT2D eigenvalue weighted by Gasteiger charge is -2.12. The molecular formula is C19H16F2O2. The molecule has 0 aliphatic carbocycles. The molecule has 0 unspecified atom stereocenters. The van der Waals surface area contributed by atoms with Crippen molar-refractivity contribution in [2.45, 2.75) is 26.7 Å². The molecule has 3 rings (SSSR count). The molecule has 0 atom stereocenters. The van der Waals surface area contributed by atoms with E-state index < -0.39 is 11.6 Å². The van der Waals surface area contributed by atoms with Gasteiger partial charge in [-0.15, -0.1) is 0 Å². The predicted molar refractivity (Wildman–Crippen MR) is 86.7 cm³/mol. The number of rotatable bonds is 2. The lowest BCUT2D eigenvalue weighted by molar-refractivity contribution is 0.577. The number of fused-ring (bicyclic) bond motifs is 1. The summed E-state index contributed by atoms with van der Waals surface area (Å²) in [5.41, 5.74) is 2.32. The molecule has 0 N–H and O–H groups in total. The number of hydrogen-bond acceptors (Lipinski definition) is 2. The molecule has 1 aromatic heterocycles. The highest BCUT2D eigenvalue weighted by molar-refractivity contribution is 5.83. The normalized spacial score (nSPS) is 11.4. The fourth-order valence-electron chi connectivity index (χ4n) is 2.70. The summed E-state index contributed by atoms with van der Waals surface area (Å²) >= 11 is 0. The third-order valence-corrected chi connectivity index (χ3v) is 3.77. The molecular weight excluding hydrogens is 298 g/mol. The lowest BCUT2D eigenvalue weighted by Crippen LogP contribution is -2.04. The van der Waals surface area contributed by atoms with E-state index >= 15 is 0 Å². The van der Waals surface area contributed by atoms with E-state index in [9.17, 15) is 13.6 Å². The van der Waals surface area contributed by atoms with Crippen LogP contribution in [0.4, 0.5) is 8.78 Å². The molecule has 0 saturated carbocycles. The van der Waals surface area contributed by atoms with Crippen LogP contribution in [-0.2, 0) is 0 Å². The van der Waals surface area contributed by atoms with Crippen LogP contribution in [0.2, 0.25) is 0 Å². The minimum Gasteiger partial charge on any atom is -0.456 e. The van der Waals surface area contributed by atoms with E-state index in [4.69, 9.17) is 4.42 Å². The van der Waals surface area contributed by atoms with Gasteiger partial charge in [-0.2, -0.15) is 0 Å². The monoisotopic (exact) mass is 314 g/mol. The fourth-order valence-corrected chi connectivity index (χ4v) is 2.70. The van der Waals surface area contributed by atoms with E-state index in [1.165, 1.54) is 6.07 Å². The van der Waals surface area contributed by atoms with E-state index in [0.29, 0.717) is 11.0 Å². The molecule has 118 valence electrons. The lowest BCUT2D eigenvalue weighted by atomic mass is 9.97. The van der Waals surface area contributed by atoms with Crippen molar-refractivity contribution in [3.63, 3.8) is 0 Å². The highest BCUT2D eigenvalue weighted by Crippen LogP contribution is 2.29. The van der Waals surface area contributed by atoms with Crippen LogP contribution in [0.25, 0.3) is 22.3 Å². The second-order valence-electron chi connectivity index (χ2n) is 6.02. The largest absolute Gasteiger partial charge is 0.456 e. The molecule has 3 aromatic rings. The summed E-state index contributed by atoms with van der Waals surface area (Å²) in [5.74, 6) is -1.11. The van der Waals surface area contributed by atoms with Gasteiger partial charge in [0.05, 0.1) is 5.39 Å². The van der Waals surface area contributed by atoms with Gasteiger partial charge in [0.2, 0.25) is 0 Å². The Bertz CT molecular complexity index is 935. The van der Waals surface area contributed by atoms with Crippen LogP contribution in [0.5, 0.6) is 0 Å². The summed E-state index contributed by atoms with van der Waals surface area (Å²) in [5, 5.41) is 0.481. The Morgan fingerprint density at radius 3 is 2.22 bits per heavy atom. The van der Waals surface area contributed by atoms with E-state index in [2.05, 4.69) is 0 Å². The number of aryl methyl sites for hydroxylation is 1. The summed E-state index contributed by atoms with van der Waals surface area (Å²) in [6.45, 7) is 5.92. The first-order valence-electron chi connectivity index (χ1n) is 7.40. The van der Waals surface area contributed by atoms with Crippen LogP contribution < -0.4 is 5.43 Å². The number of hydrogen-bond donors (Lipinski definition) is 0. The van der Waals surface area contributed by atoms with Gasteiger partial charge in [0.1, 0.15) is 23.0 Å². The van der Waals surface area contributed by atoms with Crippen molar-refractivity contribution < 1.29 is 13.2 Å². The molecule has 1 heterocycles. The third-order valence-electron chi connectivity index (χ3n) is 3.77. The van der Waals surface area contributed by atoms with E-state index in [1.807, 2.05) is 26.8 Å². The van der Waals surface area contributed by atoms with Crippen molar-refractivity contribution in [1.29, 1.82) is 0 Å².